The maximum Gasteiger partial charge on any atom is 0.257 e. The summed E-state index contributed by atoms with van der Waals surface area (Å²) >= 11 is 1.61. The van der Waals surface area contributed by atoms with Crippen molar-refractivity contribution in [2.75, 3.05) is 17.7 Å². The van der Waals surface area contributed by atoms with Gasteiger partial charge in [-0.1, -0.05) is 24.3 Å². The zero-order valence-electron chi connectivity index (χ0n) is 19.1. The smallest absolute Gasteiger partial charge is 0.257 e. The predicted molar refractivity (Wildman–Crippen MR) is 135 cm³/mol. The molecule has 7 nitrogen and oxygen atoms in total. The SMILES string of the molecule is Cc1ccccc1COc1cc(OCCc2scnc2C)cc(C(=O)Nc2ccc(N)cn2)c1. The Balaban J connectivity index is 1.51. The van der Waals surface area contributed by atoms with Gasteiger partial charge < -0.3 is 20.5 Å². The number of carbonyl (C=O) groups is 1. The van der Waals surface area contributed by atoms with Crippen LogP contribution in [0.2, 0.25) is 0 Å². The molecule has 0 saturated carbocycles. The standard InChI is InChI=1S/C26H26N4O3S/c1-17-5-3-4-6-19(17)15-33-23-12-20(26(31)30-25-8-7-21(27)14-28-25)11-22(13-23)32-10-9-24-18(2)29-16-34-24/h3-8,11-14,16H,9-10,15,27H2,1-2H3,(H,28,30,31). The molecule has 1 amide bonds. The molecule has 0 aliphatic heterocycles. The highest BCUT2D eigenvalue weighted by molar-refractivity contribution is 7.09. The molecule has 8 heteroatoms. The molecular formula is C26H26N4O3S. The summed E-state index contributed by atoms with van der Waals surface area (Å²) in [5, 5.41) is 2.79. The van der Waals surface area contributed by atoms with Crippen LogP contribution < -0.4 is 20.5 Å². The largest absolute Gasteiger partial charge is 0.493 e. The van der Waals surface area contributed by atoms with Crippen LogP contribution in [0.4, 0.5) is 11.5 Å². The van der Waals surface area contributed by atoms with Gasteiger partial charge in [-0.15, -0.1) is 11.3 Å². The summed E-state index contributed by atoms with van der Waals surface area (Å²) in [6.07, 6.45) is 2.23. The minimum atomic E-state index is -0.318. The quantitative estimate of drug-likeness (QED) is 0.346. The van der Waals surface area contributed by atoms with Crippen molar-refractivity contribution in [3.63, 3.8) is 0 Å². The van der Waals surface area contributed by atoms with Crippen molar-refractivity contribution >= 4 is 28.7 Å². The van der Waals surface area contributed by atoms with E-state index in [2.05, 4.69) is 15.3 Å². The fourth-order valence-electron chi connectivity index (χ4n) is 3.30. The average Bonchev–Trinajstić information content (AvgIpc) is 3.24. The van der Waals surface area contributed by atoms with Gasteiger partial charge in [0.15, 0.2) is 0 Å². The Morgan fingerprint density at radius 1 is 1.03 bits per heavy atom. The lowest BCUT2D eigenvalue weighted by molar-refractivity contribution is 0.102. The number of hydrogen-bond acceptors (Lipinski definition) is 7. The summed E-state index contributed by atoms with van der Waals surface area (Å²) in [7, 11) is 0. The molecule has 0 atom stereocenters. The monoisotopic (exact) mass is 474 g/mol. The molecule has 0 saturated heterocycles. The van der Waals surface area contributed by atoms with Gasteiger partial charge in [-0.3, -0.25) is 4.79 Å². The molecule has 0 fully saturated rings. The first kappa shape index (κ1) is 23.3. The third-order valence-electron chi connectivity index (χ3n) is 5.27. The maximum absolute atomic E-state index is 12.9. The van der Waals surface area contributed by atoms with Crippen molar-refractivity contribution < 1.29 is 14.3 Å². The van der Waals surface area contributed by atoms with E-state index < -0.39 is 0 Å². The lowest BCUT2D eigenvalue weighted by Crippen LogP contribution is -2.14. The Labute approximate surface area is 202 Å². The zero-order valence-corrected chi connectivity index (χ0v) is 19.9. The van der Waals surface area contributed by atoms with Crippen LogP contribution in [0.25, 0.3) is 0 Å². The van der Waals surface area contributed by atoms with Crippen LogP contribution in [0.5, 0.6) is 11.5 Å². The molecule has 4 aromatic rings. The summed E-state index contributed by atoms with van der Waals surface area (Å²) in [6.45, 7) is 4.87. The first-order valence-corrected chi connectivity index (χ1v) is 11.7. The normalized spacial score (nSPS) is 10.6. The van der Waals surface area contributed by atoms with Crippen LogP contribution in [-0.4, -0.2) is 22.5 Å². The van der Waals surface area contributed by atoms with Crippen LogP contribution in [0.3, 0.4) is 0 Å². The highest BCUT2D eigenvalue weighted by Crippen LogP contribution is 2.26. The van der Waals surface area contributed by atoms with E-state index in [9.17, 15) is 4.79 Å². The molecule has 0 aliphatic rings. The zero-order chi connectivity index (χ0) is 23.9. The Kier molecular flexibility index (Phi) is 7.39. The van der Waals surface area contributed by atoms with Crippen LogP contribution >= 0.6 is 11.3 Å². The van der Waals surface area contributed by atoms with E-state index in [4.69, 9.17) is 15.2 Å². The lowest BCUT2D eigenvalue weighted by atomic mass is 10.1. The summed E-state index contributed by atoms with van der Waals surface area (Å²) in [6, 6.07) is 16.6. The highest BCUT2D eigenvalue weighted by Gasteiger charge is 2.13. The maximum atomic E-state index is 12.9. The van der Waals surface area contributed by atoms with Crippen molar-refractivity contribution in [1.29, 1.82) is 0 Å². The number of pyridine rings is 1. The minimum absolute atomic E-state index is 0.318. The Morgan fingerprint density at radius 2 is 1.82 bits per heavy atom. The van der Waals surface area contributed by atoms with E-state index in [1.807, 2.05) is 43.6 Å². The molecule has 2 heterocycles. The van der Waals surface area contributed by atoms with E-state index in [1.165, 1.54) is 11.1 Å². The van der Waals surface area contributed by atoms with Gasteiger partial charge in [0.25, 0.3) is 5.91 Å². The second-order valence-electron chi connectivity index (χ2n) is 7.80. The molecule has 3 N–H and O–H groups in total. The Bertz CT molecular complexity index is 1270. The Morgan fingerprint density at radius 3 is 2.53 bits per heavy atom. The van der Waals surface area contributed by atoms with Gasteiger partial charge in [0.1, 0.15) is 23.9 Å². The number of anilines is 2. The number of thiazole rings is 1. The Hall–Kier alpha value is -3.91. The third kappa shape index (κ3) is 6.11. The second kappa shape index (κ2) is 10.8. The first-order chi connectivity index (χ1) is 16.5. The van der Waals surface area contributed by atoms with E-state index in [0.29, 0.717) is 41.8 Å². The topological polar surface area (TPSA) is 99.4 Å². The summed E-state index contributed by atoms with van der Waals surface area (Å²) in [5.41, 5.74) is 11.7. The van der Waals surface area contributed by atoms with E-state index in [-0.39, 0.29) is 5.91 Å². The number of hydrogen-bond donors (Lipinski definition) is 2. The number of nitrogens with one attached hydrogen (secondary N) is 1. The minimum Gasteiger partial charge on any atom is -0.493 e. The number of aryl methyl sites for hydroxylation is 2. The molecule has 0 radical (unpaired) electrons. The average molecular weight is 475 g/mol. The highest BCUT2D eigenvalue weighted by atomic mass is 32.1. The number of rotatable bonds is 9. The van der Waals surface area contributed by atoms with Gasteiger partial charge >= 0.3 is 0 Å². The number of nitrogens with two attached hydrogens (primary N) is 1. The predicted octanol–water partition coefficient (Wildman–Crippen LogP) is 5.19. The molecule has 0 aliphatic carbocycles. The fourth-order valence-corrected chi connectivity index (χ4v) is 4.06. The first-order valence-electron chi connectivity index (χ1n) is 10.8. The van der Waals surface area contributed by atoms with Crippen molar-refractivity contribution in [2.45, 2.75) is 26.9 Å². The number of aromatic nitrogens is 2. The second-order valence-corrected chi connectivity index (χ2v) is 8.74. The van der Waals surface area contributed by atoms with Gasteiger partial charge in [-0.05, 0) is 49.2 Å². The number of ether oxygens (including phenoxy) is 2. The number of carbonyl (C=O) groups excluding carboxylic acids is 1. The van der Waals surface area contributed by atoms with Crippen LogP contribution in [0, 0.1) is 13.8 Å². The van der Waals surface area contributed by atoms with Gasteiger partial charge in [0.2, 0.25) is 0 Å². The number of amides is 1. The van der Waals surface area contributed by atoms with Crippen molar-refractivity contribution in [2.24, 2.45) is 0 Å². The van der Waals surface area contributed by atoms with E-state index >= 15 is 0 Å². The molecular weight excluding hydrogens is 448 g/mol. The van der Waals surface area contributed by atoms with Crippen LogP contribution in [0.15, 0.2) is 66.3 Å². The molecule has 0 unspecified atom stereocenters. The lowest BCUT2D eigenvalue weighted by Gasteiger charge is -2.13. The van der Waals surface area contributed by atoms with E-state index in [0.717, 1.165) is 23.2 Å². The van der Waals surface area contributed by atoms with Gasteiger partial charge in [-0.2, -0.15) is 0 Å². The van der Waals surface area contributed by atoms with Crippen molar-refractivity contribution in [3.8, 4) is 11.5 Å². The molecule has 2 aromatic heterocycles. The number of benzene rings is 2. The van der Waals surface area contributed by atoms with Gasteiger partial charge in [0, 0.05) is 22.9 Å². The van der Waals surface area contributed by atoms with E-state index in [1.54, 1.807) is 41.7 Å². The number of nitrogen functional groups attached to an aromatic ring is 1. The summed E-state index contributed by atoms with van der Waals surface area (Å²) in [5.74, 6) is 1.19. The molecule has 34 heavy (non-hydrogen) atoms. The third-order valence-corrected chi connectivity index (χ3v) is 6.26. The van der Waals surface area contributed by atoms with Crippen LogP contribution in [0.1, 0.15) is 32.1 Å². The molecule has 174 valence electrons. The number of nitrogens with zero attached hydrogens (tertiary/aromatic N) is 2. The fraction of sp³-hybridized carbons (Fsp3) is 0.192. The van der Waals surface area contributed by atoms with Gasteiger partial charge in [0.05, 0.1) is 29.7 Å². The van der Waals surface area contributed by atoms with Crippen molar-refractivity contribution in [3.05, 3.63) is 93.6 Å². The molecule has 4 rings (SSSR count). The summed E-state index contributed by atoms with van der Waals surface area (Å²) in [4.78, 5) is 22.5. The molecule has 2 aromatic carbocycles. The molecule has 0 bridgehead atoms. The molecule has 0 spiro atoms. The summed E-state index contributed by atoms with van der Waals surface area (Å²) < 4.78 is 12.0. The van der Waals surface area contributed by atoms with Gasteiger partial charge in [-0.25, -0.2) is 9.97 Å². The van der Waals surface area contributed by atoms with Crippen molar-refractivity contribution in [1.82, 2.24) is 9.97 Å². The van der Waals surface area contributed by atoms with Crippen LogP contribution in [-0.2, 0) is 13.0 Å².